The van der Waals surface area contributed by atoms with E-state index in [1.165, 1.54) is 32.2 Å². The lowest BCUT2D eigenvalue weighted by molar-refractivity contribution is -0.384. The zero-order valence-corrected chi connectivity index (χ0v) is 18.3. The standard InChI is InChI=1S/C20H23N3O7S/c1-5-17(20(25)21-15-8-6-7-14(11-15)13(2)24)22(31(4,28)29)18-12-16(23(26)27)9-10-19(18)30-3/h6-12,17H,5H2,1-4H3,(H,21,25)/t17-/m0/s1. The molecule has 10 nitrogen and oxygen atoms in total. The molecule has 0 fully saturated rings. The molecule has 2 aromatic rings. The first-order valence-corrected chi connectivity index (χ1v) is 11.1. The van der Waals surface area contributed by atoms with Crippen LogP contribution in [0.2, 0.25) is 0 Å². The van der Waals surface area contributed by atoms with Crippen molar-refractivity contribution in [2.75, 3.05) is 23.0 Å². The number of nitrogens with zero attached hydrogens (tertiary/aromatic N) is 2. The second-order valence-corrected chi connectivity index (χ2v) is 8.58. The third kappa shape index (κ3) is 5.57. The van der Waals surface area contributed by atoms with Gasteiger partial charge in [0, 0.05) is 23.4 Å². The van der Waals surface area contributed by atoms with Gasteiger partial charge in [-0.15, -0.1) is 0 Å². The second-order valence-electron chi connectivity index (χ2n) is 6.72. The Kier molecular flexibility index (Phi) is 7.34. The lowest BCUT2D eigenvalue weighted by atomic mass is 10.1. The number of hydrogen-bond acceptors (Lipinski definition) is 7. The van der Waals surface area contributed by atoms with E-state index in [1.54, 1.807) is 25.1 Å². The average Bonchev–Trinajstić information content (AvgIpc) is 2.70. The van der Waals surface area contributed by atoms with E-state index in [9.17, 15) is 28.1 Å². The number of nitro groups is 1. The molecule has 0 heterocycles. The molecule has 31 heavy (non-hydrogen) atoms. The molecule has 0 unspecified atom stereocenters. The number of benzene rings is 2. The molecule has 166 valence electrons. The van der Waals surface area contributed by atoms with Crippen molar-refractivity contribution >= 4 is 38.8 Å². The number of carbonyl (C=O) groups is 2. The molecule has 0 saturated heterocycles. The quantitative estimate of drug-likeness (QED) is 0.353. The first kappa shape index (κ1) is 23.8. The van der Waals surface area contributed by atoms with Gasteiger partial charge in [-0.05, 0) is 31.5 Å². The Morgan fingerprint density at radius 3 is 2.42 bits per heavy atom. The summed E-state index contributed by atoms with van der Waals surface area (Å²) in [5.41, 5.74) is 0.217. The van der Waals surface area contributed by atoms with E-state index in [-0.39, 0.29) is 29.3 Å². The summed E-state index contributed by atoms with van der Waals surface area (Å²) in [5.74, 6) is -0.801. The molecule has 1 atom stereocenters. The summed E-state index contributed by atoms with van der Waals surface area (Å²) in [7, 11) is -2.76. The predicted molar refractivity (Wildman–Crippen MR) is 116 cm³/mol. The summed E-state index contributed by atoms with van der Waals surface area (Å²) in [6.07, 6.45) is 0.967. The van der Waals surface area contributed by atoms with Crippen molar-refractivity contribution < 1.29 is 27.7 Å². The third-order valence-corrected chi connectivity index (χ3v) is 5.64. The highest BCUT2D eigenvalue weighted by molar-refractivity contribution is 7.92. The highest BCUT2D eigenvalue weighted by Gasteiger charge is 2.34. The summed E-state index contributed by atoms with van der Waals surface area (Å²) in [6.45, 7) is 2.99. The minimum Gasteiger partial charge on any atom is -0.495 e. The van der Waals surface area contributed by atoms with Gasteiger partial charge in [0.1, 0.15) is 17.5 Å². The molecular weight excluding hydrogens is 426 g/mol. The molecule has 11 heteroatoms. The van der Waals surface area contributed by atoms with Crippen LogP contribution in [0.3, 0.4) is 0 Å². The van der Waals surface area contributed by atoms with Crippen LogP contribution in [0.5, 0.6) is 5.75 Å². The summed E-state index contributed by atoms with van der Waals surface area (Å²) < 4.78 is 31.3. The fourth-order valence-corrected chi connectivity index (χ4v) is 4.25. The van der Waals surface area contributed by atoms with Gasteiger partial charge in [0.05, 0.1) is 18.3 Å². The van der Waals surface area contributed by atoms with Crippen LogP contribution < -0.4 is 14.4 Å². The smallest absolute Gasteiger partial charge is 0.271 e. The Bertz CT molecular complexity index is 1120. The zero-order chi connectivity index (χ0) is 23.3. The minimum atomic E-state index is -4.05. The number of carbonyl (C=O) groups excluding carboxylic acids is 2. The van der Waals surface area contributed by atoms with Crippen molar-refractivity contribution in [3.8, 4) is 5.75 Å². The first-order chi connectivity index (χ1) is 14.5. The van der Waals surface area contributed by atoms with Crippen LogP contribution in [0.4, 0.5) is 17.1 Å². The number of Topliss-reactive ketones (excluding diaryl/α,β-unsaturated/α-hetero) is 1. The number of ketones is 1. The molecule has 2 rings (SSSR count). The number of non-ortho nitro benzene ring substituents is 1. The summed E-state index contributed by atoms with van der Waals surface area (Å²) in [4.78, 5) is 35.2. The molecule has 0 aliphatic heterocycles. The van der Waals surface area contributed by atoms with Crippen LogP contribution in [-0.4, -0.2) is 44.4 Å². The zero-order valence-electron chi connectivity index (χ0n) is 17.5. The minimum absolute atomic E-state index is 0.0563. The molecule has 2 aromatic carbocycles. The number of methoxy groups -OCH3 is 1. The van der Waals surface area contributed by atoms with E-state index in [4.69, 9.17) is 4.74 Å². The van der Waals surface area contributed by atoms with Gasteiger partial charge in [-0.1, -0.05) is 19.1 Å². The van der Waals surface area contributed by atoms with Crippen LogP contribution in [0.25, 0.3) is 0 Å². The average molecular weight is 449 g/mol. The largest absolute Gasteiger partial charge is 0.495 e. The van der Waals surface area contributed by atoms with Crippen LogP contribution in [0.1, 0.15) is 30.6 Å². The van der Waals surface area contributed by atoms with Gasteiger partial charge >= 0.3 is 0 Å². The summed E-state index contributed by atoms with van der Waals surface area (Å²) in [6, 6.07) is 8.49. The number of rotatable bonds is 9. The predicted octanol–water partition coefficient (Wildman–Crippen LogP) is 2.99. The van der Waals surface area contributed by atoms with Crippen LogP contribution >= 0.6 is 0 Å². The monoisotopic (exact) mass is 449 g/mol. The normalized spacial score (nSPS) is 12.0. The first-order valence-electron chi connectivity index (χ1n) is 9.23. The Labute approximate surface area is 180 Å². The van der Waals surface area contributed by atoms with Crippen LogP contribution in [-0.2, 0) is 14.8 Å². The van der Waals surface area contributed by atoms with E-state index in [1.807, 2.05) is 0 Å². The van der Waals surface area contributed by atoms with Crippen molar-refractivity contribution in [2.24, 2.45) is 0 Å². The van der Waals surface area contributed by atoms with Crippen molar-refractivity contribution in [3.63, 3.8) is 0 Å². The molecular formula is C20H23N3O7S. The van der Waals surface area contributed by atoms with Gasteiger partial charge in [0.2, 0.25) is 15.9 Å². The maximum Gasteiger partial charge on any atom is 0.271 e. The number of anilines is 2. The number of nitro benzene ring substituents is 1. The van der Waals surface area contributed by atoms with E-state index >= 15 is 0 Å². The van der Waals surface area contributed by atoms with Crippen LogP contribution in [0, 0.1) is 10.1 Å². The SMILES string of the molecule is CC[C@@H](C(=O)Nc1cccc(C(C)=O)c1)N(c1cc([N+](=O)[O-])ccc1OC)S(C)(=O)=O. The maximum absolute atomic E-state index is 13.0. The highest BCUT2D eigenvalue weighted by atomic mass is 32.2. The van der Waals surface area contributed by atoms with E-state index in [0.29, 0.717) is 11.3 Å². The van der Waals surface area contributed by atoms with Gasteiger partial charge in [0.25, 0.3) is 5.69 Å². The lowest BCUT2D eigenvalue weighted by Gasteiger charge is -2.31. The number of nitrogens with one attached hydrogen (secondary N) is 1. The molecule has 0 aromatic heterocycles. The van der Waals surface area contributed by atoms with Gasteiger partial charge < -0.3 is 10.1 Å². The van der Waals surface area contributed by atoms with Crippen molar-refractivity contribution in [2.45, 2.75) is 26.3 Å². The molecule has 0 saturated carbocycles. The Morgan fingerprint density at radius 1 is 1.23 bits per heavy atom. The molecule has 1 amide bonds. The molecule has 0 aliphatic rings. The molecule has 1 N–H and O–H groups in total. The molecule has 0 bridgehead atoms. The van der Waals surface area contributed by atoms with Crippen molar-refractivity contribution in [1.82, 2.24) is 0 Å². The fourth-order valence-electron chi connectivity index (χ4n) is 3.04. The van der Waals surface area contributed by atoms with Gasteiger partial charge in [-0.2, -0.15) is 0 Å². The molecule has 0 radical (unpaired) electrons. The Morgan fingerprint density at radius 2 is 1.90 bits per heavy atom. The fraction of sp³-hybridized carbons (Fsp3) is 0.300. The van der Waals surface area contributed by atoms with Gasteiger partial charge in [-0.25, -0.2) is 8.42 Å². The van der Waals surface area contributed by atoms with Crippen molar-refractivity contribution in [1.29, 1.82) is 0 Å². The highest BCUT2D eigenvalue weighted by Crippen LogP contribution is 2.35. The summed E-state index contributed by atoms with van der Waals surface area (Å²) in [5, 5.41) is 13.8. The van der Waals surface area contributed by atoms with Crippen LogP contribution in [0.15, 0.2) is 42.5 Å². The number of hydrogen-bond donors (Lipinski definition) is 1. The summed E-state index contributed by atoms with van der Waals surface area (Å²) >= 11 is 0. The maximum atomic E-state index is 13.0. The number of amides is 1. The van der Waals surface area contributed by atoms with Gasteiger partial charge in [-0.3, -0.25) is 24.0 Å². The number of ether oxygens (including phenoxy) is 1. The van der Waals surface area contributed by atoms with E-state index < -0.39 is 26.9 Å². The Hall–Kier alpha value is -3.47. The molecule has 0 spiro atoms. The Balaban J connectivity index is 2.53. The second kappa shape index (κ2) is 9.56. The topological polar surface area (TPSA) is 136 Å². The molecule has 0 aliphatic carbocycles. The number of sulfonamides is 1. The van der Waals surface area contributed by atoms with E-state index in [2.05, 4.69) is 5.32 Å². The van der Waals surface area contributed by atoms with Gasteiger partial charge in [0.15, 0.2) is 5.78 Å². The van der Waals surface area contributed by atoms with Crippen molar-refractivity contribution in [3.05, 3.63) is 58.1 Å². The third-order valence-electron chi connectivity index (χ3n) is 4.48. The lowest BCUT2D eigenvalue weighted by Crippen LogP contribution is -2.47. The van der Waals surface area contributed by atoms with E-state index in [0.717, 1.165) is 16.6 Å².